The maximum absolute atomic E-state index is 12.3. The van der Waals surface area contributed by atoms with Crippen LogP contribution in [0.15, 0.2) is 30.3 Å². The molecule has 144 valence electrons. The van der Waals surface area contributed by atoms with Gasteiger partial charge in [0.05, 0.1) is 6.54 Å². The van der Waals surface area contributed by atoms with Crippen LogP contribution >= 0.6 is 11.3 Å². The molecular weight excluding hydrogens is 362 g/mol. The van der Waals surface area contributed by atoms with Crippen molar-refractivity contribution in [1.82, 2.24) is 15.5 Å². The first-order chi connectivity index (χ1) is 13.0. The van der Waals surface area contributed by atoms with Gasteiger partial charge in [-0.3, -0.25) is 14.5 Å². The third-order valence-electron chi connectivity index (χ3n) is 4.53. The zero-order valence-electron chi connectivity index (χ0n) is 15.7. The van der Waals surface area contributed by atoms with E-state index in [4.69, 9.17) is 0 Å². The summed E-state index contributed by atoms with van der Waals surface area (Å²) in [6, 6.07) is 10.3. The second kappa shape index (κ2) is 8.94. The van der Waals surface area contributed by atoms with E-state index in [1.807, 2.05) is 32.2 Å². The van der Waals surface area contributed by atoms with E-state index >= 15 is 0 Å². The Balaban J connectivity index is 1.46. The van der Waals surface area contributed by atoms with E-state index < -0.39 is 0 Å². The maximum Gasteiger partial charge on any atom is 0.239 e. The molecule has 1 atom stereocenters. The van der Waals surface area contributed by atoms with Crippen LogP contribution < -0.4 is 15.1 Å². The zero-order chi connectivity index (χ0) is 19.2. The second-order valence-electron chi connectivity index (χ2n) is 6.87. The molecule has 0 radical (unpaired) electrons. The van der Waals surface area contributed by atoms with Gasteiger partial charge in [0, 0.05) is 26.1 Å². The lowest BCUT2D eigenvalue weighted by molar-refractivity contribution is -0.120. The van der Waals surface area contributed by atoms with Gasteiger partial charge in [-0.1, -0.05) is 41.7 Å². The van der Waals surface area contributed by atoms with Crippen molar-refractivity contribution in [3.63, 3.8) is 0 Å². The van der Waals surface area contributed by atoms with Crippen molar-refractivity contribution in [2.75, 3.05) is 29.9 Å². The van der Waals surface area contributed by atoms with Gasteiger partial charge in [-0.2, -0.15) is 0 Å². The van der Waals surface area contributed by atoms with E-state index in [1.54, 1.807) is 9.80 Å². The molecule has 1 saturated heterocycles. The fourth-order valence-corrected chi connectivity index (χ4v) is 3.88. The van der Waals surface area contributed by atoms with Crippen LogP contribution in [0.25, 0.3) is 0 Å². The molecule has 1 aliphatic heterocycles. The summed E-state index contributed by atoms with van der Waals surface area (Å²) in [6.45, 7) is 2.91. The van der Waals surface area contributed by atoms with Gasteiger partial charge >= 0.3 is 0 Å². The third-order valence-corrected chi connectivity index (χ3v) is 5.59. The number of carbonyl (C=O) groups excluding carboxylic acids is 2. The maximum atomic E-state index is 12.3. The minimum Gasteiger partial charge on any atom is -0.352 e. The lowest BCUT2D eigenvalue weighted by atomic mass is 10.1. The Morgan fingerprint density at radius 2 is 2.11 bits per heavy atom. The van der Waals surface area contributed by atoms with E-state index in [1.165, 1.54) is 16.9 Å². The number of hydrogen-bond acceptors (Lipinski definition) is 6. The van der Waals surface area contributed by atoms with Gasteiger partial charge in [0.25, 0.3) is 0 Å². The Morgan fingerprint density at radius 1 is 1.33 bits per heavy atom. The molecule has 3 rings (SSSR count). The monoisotopic (exact) mass is 387 g/mol. The summed E-state index contributed by atoms with van der Waals surface area (Å²) in [5.74, 6) is 0.0393. The molecule has 27 heavy (non-hydrogen) atoms. The lowest BCUT2D eigenvalue weighted by Crippen LogP contribution is -2.40. The van der Waals surface area contributed by atoms with Crippen molar-refractivity contribution >= 4 is 33.4 Å². The van der Waals surface area contributed by atoms with Gasteiger partial charge < -0.3 is 10.2 Å². The summed E-state index contributed by atoms with van der Waals surface area (Å²) in [7, 11) is 1.81. The molecule has 8 heteroatoms. The number of amides is 2. The number of anilines is 2. The van der Waals surface area contributed by atoms with Gasteiger partial charge in [-0.05, 0) is 31.7 Å². The smallest absolute Gasteiger partial charge is 0.239 e. The topological polar surface area (TPSA) is 78.4 Å². The zero-order valence-corrected chi connectivity index (χ0v) is 16.5. The van der Waals surface area contributed by atoms with E-state index in [2.05, 4.69) is 27.6 Å². The van der Waals surface area contributed by atoms with Gasteiger partial charge in [0.1, 0.15) is 0 Å². The lowest BCUT2D eigenvalue weighted by Gasteiger charge is -2.18. The number of nitrogens with one attached hydrogen (secondary N) is 1. The largest absolute Gasteiger partial charge is 0.352 e. The highest BCUT2D eigenvalue weighted by Crippen LogP contribution is 2.29. The number of benzene rings is 1. The normalized spacial score (nSPS) is 15.0. The second-order valence-corrected chi connectivity index (χ2v) is 7.80. The highest BCUT2D eigenvalue weighted by atomic mass is 32.1. The summed E-state index contributed by atoms with van der Waals surface area (Å²) in [5.41, 5.74) is 1.27. The van der Waals surface area contributed by atoms with Crippen LogP contribution in [0.4, 0.5) is 10.3 Å². The van der Waals surface area contributed by atoms with E-state index in [-0.39, 0.29) is 24.4 Å². The van der Waals surface area contributed by atoms with Gasteiger partial charge in [0.15, 0.2) is 0 Å². The van der Waals surface area contributed by atoms with Crippen molar-refractivity contribution in [2.24, 2.45) is 0 Å². The standard InChI is InChI=1S/C19H25N5O2S/c1-14(10-11-15-7-4-3-5-8-15)20-16(25)13-23(2)18-21-22-19(27-18)24-12-6-9-17(24)26/h3-5,7-8,14H,6,9-13H2,1-2H3,(H,20,25). The summed E-state index contributed by atoms with van der Waals surface area (Å²) in [6.07, 6.45) is 3.24. The summed E-state index contributed by atoms with van der Waals surface area (Å²) >= 11 is 1.34. The molecule has 1 aliphatic rings. The number of carbonyl (C=O) groups is 2. The molecule has 1 unspecified atom stereocenters. The first-order valence-corrected chi connectivity index (χ1v) is 10.0. The molecular formula is C19H25N5O2S. The first kappa shape index (κ1) is 19.3. The Bertz CT molecular complexity index is 779. The summed E-state index contributed by atoms with van der Waals surface area (Å²) in [5, 5.41) is 12.5. The fraction of sp³-hybridized carbons (Fsp3) is 0.474. The van der Waals surface area contributed by atoms with Crippen molar-refractivity contribution in [1.29, 1.82) is 0 Å². The molecule has 7 nitrogen and oxygen atoms in total. The Labute approximate surface area is 163 Å². The number of nitrogens with zero attached hydrogens (tertiary/aromatic N) is 4. The average Bonchev–Trinajstić information content (AvgIpc) is 3.29. The number of aromatic nitrogens is 2. The summed E-state index contributed by atoms with van der Waals surface area (Å²) < 4.78 is 0. The minimum atomic E-state index is -0.0490. The van der Waals surface area contributed by atoms with Gasteiger partial charge in [-0.25, -0.2) is 0 Å². The Morgan fingerprint density at radius 3 is 2.81 bits per heavy atom. The molecule has 0 aliphatic carbocycles. The highest BCUT2D eigenvalue weighted by Gasteiger charge is 2.25. The van der Waals surface area contributed by atoms with Crippen LogP contribution in [0, 0.1) is 0 Å². The number of rotatable bonds is 8. The van der Waals surface area contributed by atoms with Crippen LogP contribution in [-0.2, 0) is 16.0 Å². The van der Waals surface area contributed by atoms with Crippen LogP contribution in [-0.4, -0.2) is 48.2 Å². The molecule has 0 saturated carbocycles. The van der Waals surface area contributed by atoms with Crippen LogP contribution in [0.5, 0.6) is 0 Å². The van der Waals surface area contributed by atoms with Crippen LogP contribution in [0.2, 0.25) is 0 Å². The minimum absolute atomic E-state index is 0.0490. The molecule has 1 aromatic carbocycles. The molecule has 1 aromatic heterocycles. The third kappa shape index (κ3) is 5.26. The van der Waals surface area contributed by atoms with Crippen molar-refractivity contribution in [3.8, 4) is 0 Å². The quantitative estimate of drug-likeness (QED) is 0.752. The van der Waals surface area contributed by atoms with Crippen molar-refractivity contribution in [3.05, 3.63) is 35.9 Å². The predicted molar refractivity (Wildman–Crippen MR) is 107 cm³/mol. The van der Waals surface area contributed by atoms with Gasteiger partial charge in [-0.15, -0.1) is 10.2 Å². The van der Waals surface area contributed by atoms with Crippen LogP contribution in [0.1, 0.15) is 31.7 Å². The highest BCUT2D eigenvalue weighted by molar-refractivity contribution is 7.19. The Kier molecular flexibility index (Phi) is 6.39. The number of likely N-dealkylation sites (N-methyl/N-ethyl adjacent to an activating group) is 1. The van der Waals surface area contributed by atoms with E-state index in [0.29, 0.717) is 23.2 Å². The SMILES string of the molecule is CC(CCc1ccccc1)NC(=O)CN(C)c1nnc(N2CCCC2=O)s1. The van der Waals surface area contributed by atoms with E-state index in [0.717, 1.165) is 19.3 Å². The number of aryl methyl sites for hydroxylation is 1. The molecule has 1 fully saturated rings. The Hall–Kier alpha value is -2.48. The average molecular weight is 388 g/mol. The molecule has 0 spiro atoms. The molecule has 1 N–H and O–H groups in total. The van der Waals surface area contributed by atoms with Crippen LogP contribution in [0.3, 0.4) is 0 Å². The van der Waals surface area contributed by atoms with E-state index in [9.17, 15) is 9.59 Å². The molecule has 2 amide bonds. The number of hydrogen-bond donors (Lipinski definition) is 1. The molecule has 0 bridgehead atoms. The van der Waals surface area contributed by atoms with Crippen molar-refractivity contribution < 1.29 is 9.59 Å². The predicted octanol–water partition coefficient (Wildman–Crippen LogP) is 2.24. The molecule has 2 heterocycles. The molecule has 2 aromatic rings. The van der Waals surface area contributed by atoms with Gasteiger partial charge in [0.2, 0.25) is 22.1 Å². The van der Waals surface area contributed by atoms with Crippen molar-refractivity contribution in [2.45, 2.75) is 38.6 Å². The first-order valence-electron chi connectivity index (χ1n) is 9.21. The fourth-order valence-electron chi connectivity index (χ4n) is 3.03. The summed E-state index contributed by atoms with van der Waals surface area (Å²) in [4.78, 5) is 27.5.